The summed E-state index contributed by atoms with van der Waals surface area (Å²) in [7, 11) is 1.54. The minimum Gasteiger partial charge on any atom is -0.493 e. The van der Waals surface area contributed by atoms with Gasteiger partial charge in [-0.05, 0) is 50.2 Å². The Hall–Kier alpha value is -2.22. The Morgan fingerprint density at radius 1 is 1.29 bits per heavy atom. The molecule has 1 aliphatic carbocycles. The smallest absolute Gasteiger partial charge is 0.220 e. The van der Waals surface area contributed by atoms with Gasteiger partial charge in [0, 0.05) is 18.5 Å². The van der Waals surface area contributed by atoms with Gasteiger partial charge in [0.2, 0.25) is 5.91 Å². The highest BCUT2D eigenvalue weighted by Crippen LogP contribution is 2.28. The minimum absolute atomic E-state index is 0.102. The van der Waals surface area contributed by atoms with Crippen molar-refractivity contribution >= 4 is 5.91 Å². The van der Waals surface area contributed by atoms with E-state index in [9.17, 15) is 4.79 Å². The number of carbonyl (C=O) groups is 1. The van der Waals surface area contributed by atoms with E-state index in [2.05, 4.69) is 18.3 Å². The van der Waals surface area contributed by atoms with Crippen molar-refractivity contribution in [2.75, 3.05) is 13.7 Å². The quantitative estimate of drug-likeness (QED) is 0.778. The minimum atomic E-state index is 0.102. The van der Waals surface area contributed by atoms with Gasteiger partial charge in [-0.2, -0.15) is 5.26 Å². The van der Waals surface area contributed by atoms with Gasteiger partial charge in [0.15, 0.2) is 11.5 Å². The maximum atomic E-state index is 12.0. The van der Waals surface area contributed by atoms with Crippen molar-refractivity contribution in [3.8, 4) is 17.6 Å². The third kappa shape index (κ3) is 5.45. The van der Waals surface area contributed by atoms with Crippen LogP contribution in [0.3, 0.4) is 0 Å². The van der Waals surface area contributed by atoms with Gasteiger partial charge in [-0.3, -0.25) is 4.79 Å². The SMILES string of the molecule is COc1cc(C#N)ccc1OCCCC(=O)NC1CCC(C)CC1. The van der Waals surface area contributed by atoms with E-state index in [1.54, 1.807) is 25.3 Å². The summed E-state index contributed by atoms with van der Waals surface area (Å²) in [6, 6.07) is 7.46. The van der Waals surface area contributed by atoms with Crippen molar-refractivity contribution in [1.82, 2.24) is 5.32 Å². The largest absolute Gasteiger partial charge is 0.493 e. The van der Waals surface area contributed by atoms with Crippen LogP contribution in [-0.2, 0) is 4.79 Å². The summed E-state index contributed by atoms with van der Waals surface area (Å²) in [5, 5.41) is 12.0. The van der Waals surface area contributed by atoms with Crippen molar-refractivity contribution in [3.63, 3.8) is 0 Å². The summed E-state index contributed by atoms with van der Waals surface area (Å²) >= 11 is 0. The summed E-state index contributed by atoms with van der Waals surface area (Å²) in [6.07, 6.45) is 5.69. The molecule has 1 aromatic carbocycles. The molecule has 5 heteroatoms. The topological polar surface area (TPSA) is 71.3 Å². The maximum absolute atomic E-state index is 12.0. The van der Waals surface area contributed by atoms with Crippen molar-refractivity contribution in [1.29, 1.82) is 5.26 Å². The van der Waals surface area contributed by atoms with Crippen LogP contribution in [0.2, 0.25) is 0 Å². The van der Waals surface area contributed by atoms with E-state index in [1.165, 1.54) is 12.8 Å². The Morgan fingerprint density at radius 3 is 2.71 bits per heavy atom. The van der Waals surface area contributed by atoms with Crippen LogP contribution < -0.4 is 14.8 Å². The fourth-order valence-electron chi connectivity index (χ4n) is 2.98. The standard InChI is InChI=1S/C19H26N2O3/c1-14-5-8-16(9-6-14)21-19(22)4-3-11-24-17-10-7-15(13-20)12-18(17)23-2/h7,10,12,14,16H,3-6,8-9,11H2,1-2H3,(H,21,22). The molecule has 1 N–H and O–H groups in total. The normalized spacial score (nSPS) is 20.0. The molecule has 130 valence electrons. The predicted octanol–water partition coefficient (Wildman–Crippen LogP) is 3.42. The predicted molar refractivity (Wildman–Crippen MR) is 92.0 cm³/mol. The maximum Gasteiger partial charge on any atom is 0.220 e. The highest BCUT2D eigenvalue weighted by Gasteiger charge is 2.19. The average Bonchev–Trinajstić information content (AvgIpc) is 2.60. The Morgan fingerprint density at radius 2 is 2.04 bits per heavy atom. The first-order valence-corrected chi connectivity index (χ1v) is 8.62. The van der Waals surface area contributed by atoms with Crippen molar-refractivity contribution in [2.24, 2.45) is 5.92 Å². The van der Waals surface area contributed by atoms with Crippen LogP contribution in [0.1, 0.15) is 51.0 Å². The summed E-state index contributed by atoms with van der Waals surface area (Å²) in [5.41, 5.74) is 0.528. The first-order valence-electron chi connectivity index (χ1n) is 8.62. The Bertz CT molecular complexity index is 587. The number of methoxy groups -OCH3 is 1. The summed E-state index contributed by atoms with van der Waals surface area (Å²) in [5.74, 6) is 2.02. The molecule has 24 heavy (non-hydrogen) atoms. The van der Waals surface area contributed by atoms with Crippen LogP contribution >= 0.6 is 0 Å². The number of hydrogen-bond acceptors (Lipinski definition) is 4. The van der Waals surface area contributed by atoms with Crippen LogP contribution in [0.5, 0.6) is 11.5 Å². The lowest BCUT2D eigenvalue weighted by Gasteiger charge is -2.26. The molecule has 0 atom stereocenters. The lowest BCUT2D eigenvalue weighted by atomic mass is 9.87. The summed E-state index contributed by atoms with van der Waals surface area (Å²) in [6.45, 7) is 2.71. The van der Waals surface area contributed by atoms with Gasteiger partial charge in [0.1, 0.15) is 0 Å². The highest BCUT2D eigenvalue weighted by atomic mass is 16.5. The Kier molecular flexibility index (Phi) is 6.92. The van der Waals surface area contributed by atoms with Gasteiger partial charge in [0.25, 0.3) is 0 Å². The molecule has 0 aromatic heterocycles. The van der Waals surface area contributed by atoms with Crippen LogP contribution in [-0.4, -0.2) is 25.7 Å². The molecule has 0 spiro atoms. The molecule has 0 heterocycles. The highest BCUT2D eigenvalue weighted by molar-refractivity contribution is 5.76. The molecule has 1 amide bonds. The summed E-state index contributed by atoms with van der Waals surface area (Å²) < 4.78 is 10.9. The second-order valence-corrected chi connectivity index (χ2v) is 6.45. The van der Waals surface area contributed by atoms with E-state index < -0.39 is 0 Å². The Balaban J connectivity index is 1.69. The van der Waals surface area contributed by atoms with Crippen LogP contribution in [0, 0.1) is 17.2 Å². The van der Waals surface area contributed by atoms with Gasteiger partial charge in [0.05, 0.1) is 25.3 Å². The van der Waals surface area contributed by atoms with E-state index in [-0.39, 0.29) is 5.91 Å². The lowest BCUT2D eigenvalue weighted by Crippen LogP contribution is -2.37. The number of benzene rings is 1. The molecule has 1 aromatic rings. The molecular weight excluding hydrogens is 304 g/mol. The lowest BCUT2D eigenvalue weighted by molar-refractivity contribution is -0.122. The molecule has 5 nitrogen and oxygen atoms in total. The summed E-state index contributed by atoms with van der Waals surface area (Å²) in [4.78, 5) is 12.0. The number of ether oxygens (including phenoxy) is 2. The molecule has 1 fully saturated rings. The molecule has 1 aliphatic rings. The molecular formula is C19H26N2O3. The number of hydrogen-bond donors (Lipinski definition) is 1. The average molecular weight is 330 g/mol. The van der Waals surface area contributed by atoms with Crippen LogP contribution in [0.25, 0.3) is 0 Å². The third-order valence-electron chi connectivity index (χ3n) is 4.48. The monoisotopic (exact) mass is 330 g/mol. The van der Waals surface area contributed by atoms with Gasteiger partial charge in [-0.1, -0.05) is 6.92 Å². The van der Waals surface area contributed by atoms with E-state index >= 15 is 0 Å². The Labute approximate surface area is 144 Å². The molecule has 1 saturated carbocycles. The number of nitriles is 1. The van der Waals surface area contributed by atoms with E-state index in [1.807, 2.05) is 0 Å². The number of carbonyl (C=O) groups excluding carboxylic acids is 1. The zero-order chi connectivity index (χ0) is 17.4. The van der Waals surface area contributed by atoms with E-state index in [0.717, 1.165) is 18.8 Å². The number of rotatable bonds is 7. The van der Waals surface area contributed by atoms with E-state index in [0.29, 0.717) is 42.6 Å². The van der Waals surface area contributed by atoms with Crippen molar-refractivity contribution in [3.05, 3.63) is 23.8 Å². The second-order valence-electron chi connectivity index (χ2n) is 6.45. The van der Waals surface area contributed by atoms with Gasteiger partial charge in [-0.15, -0.1) is 0 Å². The molecule has 0 unspecified atom stereocenters. The molecule has 0 radical (unpaired) electrons. The fraction of sp³-hybridized carbons (Fsp3) is 0.579. The molecule has 0 bridgehead atoms. The molecule has 0 saturated heterocycles. The number of amides is 1. The third-order valence-corrected chi connectivity index (χ3v) is 4.48. The van der Waals surface area contributed by atoms with Gasteiger partial charge < -0.3 is 14.8 Å². The second kappa shape index (κ2) is 9.17. The van der Waals surface area contributed by atoms with Crippen molar-refractivity contribution in [2.45, 2.75) is 51.5 Å². The van der Waals surface area contributed by atoms with Gasteiger partial charge in [-0.25, -0.2) is 0 Å². The van der Waals surface area contributed by atoms with E-state index in [4.69, 9.17) is 14.7 Å². The molecule has 2 rings (SSSR count). The molecule has 0 aliphatic heterocycles. The van der Waals surface area contributed by atoms with Crippen LogP contribution in [0.4, 0.5) is 0 Å². The first-order chi connectivity index (χ1) is 11.6. The first kappa shape index (κ1) is 18.1. The van der Waals surface area contributed by atoms with Gasteiger partial charge >= 0.3 is 0 Å². The number of nitrogens with one attached hydrogen (secondary N) is 1. The van der Waals surface area contributed by atoms with Crippen molar-refractivity contribution < 1.29 is 14.3 Å². The van der Waals surface area contributed by atoms with Crippen LogP contribution in [0.15, 0.2) is 18.2 Å². The number of nitrogens with zero attached hydrogens (tertiary/aromatic N) is 1. The zero-order valence-electron chi connectivity index (χ0n) is 14.5. The fourth-order valence-corrected chi connectivity index (χ4v) is 2.98. The zero-order valence-corrected chi connectivity index (χ0v) is 14.5.